The second-order valence-electron chi connectivity index (χ2n) is 6.40. The van der Waals surface area contributed by atoms with Crippen molar-refractivity contribution in [2.75, 3.05) is 13.2 Å². The van der Waals surface area contributed by atoms with E-state index < -0.39 is 60.6 Å². The molecule has 12 heteroatoms. The van der Waals surface area contributed by atoms with Crippen molar-refractivity contribution >= 4 is 30.0 Å². The minimum Gasteiger partial charge on any atom is -0.463 e. The summed E-state index contributed by atoms with van der Waals surface area (Å²) in [5, 5.41) is 2.37. The lowest BCUT2D eigenvalue weighted by Crippen LogP contribution is -2.66. The van der Waals surface area contributed by atoms with Gasteiger partial charge in [0.25, 0.3) is 0 Å². The van der Waals surface area contributed by atoms with E-state index in [0.717, 1.165) is 27.7 Å². The first-order chi connectivity index (χ1) is 14.0. The normalized spacial score (nSPS) is 25.4. The highest BCUT2D eigenvalue weighted by Gasteiger charge is 2.52. The number of hydrogen-bond acceptors (Lipinski definition) is 11. The number of rotatable bonds is 8. The van der Waals surface area contributed by atoms with E-state index in [4.69, 9.17) is 28.4 Å². The van der Waals surface area contributed by atoms with E-state index in [1.54, 1.807) is 6.92 Å². The summed E-state index contributed by atoms with van der Waals surface area (Å²) < 4.78 is 31.2. The minimum atomic E-state index is -1.38. The van der Waals surface area contributed by atoms with Crippen LogP contribution in [0.3, 0.4) is 0 Å². The Bertz CT molecular complexity index is 650. The molecule has 1 aliphatic heterocycles. The molecule has 0 aromatic carbocycles. The van der Waals surface area contributed by atoms with Crippen molar-refractivity contribution < 1.29 is 52.4 Å². The van der Waals surface area contributed by atoms with Crippen molar-refractivity contribution in [3.05, 3.63) is 0 Å². The van der Waals surface area contributed by atoms with E-state index in [-0.39, 0.29) is 13.2 Å². The van der Waals surface area contributed by atoms with Crippen LogP contribution in [0.4, 0.5) is 4.79 Å². The third kappa shape index (κ3) is 8.23. The number of esters is 4. The molecule has 1 N–H and O–H groups in total. The monoisotopic (exact) mass is 433 g/mol. The molecule has 1 amide bonds. The van der Waals surface area contributed by atoms with Crippen LogP contribution in [0.2, 0.25) is 0 Å². The van der Waals surface area contributed by atoms with Crippen molar-refractivity contribution in [1.29, 1.82) is 0 Å². The summed E-state index contributed by atoms with van der Waals surface area (Å²) in [7, 11) is 0. The highest BCUT2D eigenvalue weighted by molar-refractivity contribution is 5.70. The summed E-state index contributed by atoms with van der Waals surface area (Å²) in [6.45, 7) is 6.00. The van der Waals surface area contributed by atoms with Crippen LogP contribution in [-0.2, 0) is 47.6 Å². The highest BCUT2D eigenvalue weighted by Crippen LogP contribution is 2.28. The number of ether oxygens (including phenoxy) is 6. The van der Waals surface area contributed by atoms with Crippen molar-refractivity contribution in [2.45, 2.75) is 71.7 Å². The van der Waals surface area contributed by atoms with Crippen molar-refractivity contribution in [3.8, 4) is 0 Å². The average molecular weight is 433 g/mol. The van der Waals surface area contributed by atoms with Crippen molar-refractivity contribution in [2.24, 2.45) is 0 Å². The molecule has 0 bridgehead atoms. The quantitative estimate of drug-likeness (QED) is 0.413. The maximum absolute atomic E-state index is 12.0. The number of carbonyl (C=O) groups is 5. The van der Waals surface area contributed by atoms with Gasteiger partial charge in [0, 0.05) is 27.7 Å². The van der Waals surface area contributed by atoms with Crippen LogP contribution in [0.5, 0.6) is 0 Å². The number of amides is 1. The Kier molecular flexibility index (Phi) is 10.0. The zero-order valence-electron chi connectivity index (χ0n) is 17.5. The summed E-state index contributed by atoms with van der Waals surface area (Å²) in [5.74, 6) is -2.92. The number of nitrogens with one attached hydrogen (secondary N) is 1. The van der Waals surface area contributed by atoms with E-state index in [1.807, 2.05) is 0 Å². The van der Waals surface area contributed by atoms with Gasteiger partial charge in [0.05, 0.1) is 6.61 Å². The van der Waals surface area contributed by atoms with Crippen LogP contribution in [-0.4, -0.2) is 73.8 Å². The first-order valence-corrected chi connectivity index (χ1v) is 9.28. The lowest BCUT2D eigenvalue weighted by atomic mass is 9.97. The van der Waals surface area contributed by atoms with Crippen LogP contribution >= 0.6 is 0 Å². The van der Waals surface area contributed by atoms with Gasteiger partial charge >= 0.3 is 30.0 Å². The first-order valence-electron chi connectivity index (χ1n) is 9.28. The van der Waals surface area contributed by atoms with Gasteiger partial charge in [-0.05, 0) is 6.42 Å². The first kappa shape index (κ1) is 25.1. The molecule has 0 aliphatic carbocycles. The molecular formula is C18H27NO11. The second kappa shape index (κ2) is 12.0. The summed E-state index contributed by atoms with van der Waals surface area (Å²) in [6, 6.07) is 0. The molecule has 0 aromatic rings. The fraction of sp³-hybridized carbons (Fsp3) is 0.722. The molecule has 1 aliphatic rings. The molecule has 0 saturated carbocycles. The van der Waals surface area contributed by atoms with Gasteiger partial charge in [0.15, 0.2) is 24.5 Å². The molecule has 1 rings (SSSR count). The van der Waals surface area contributed by atoms with Crippen molar-refractivity contribution in [1.82, 2.24) is 5.32 Å². The van der Waals surface area contributed by atoms with Gasteiger partial charge in [-0.25, -0.2) is 4.79 Å². The van der Waals surface area contributed by atoms with E-state index in [9.17, 15) is 24.0 Å². The zero-order valence-corrected chi connectivity index (χ0v) is 17.5. The van der Waals surface area contributed by atoms with Gasteiger partial charge in [0.2, 0.25) is 0 Å². The molecule has 170 valence electrons. The molecule has 1 fully saturated rings. The van der Waals surface area contributed by atoms with Gasteiger partial charge in [0.1, 0.15) is 12.7 Å². The Hall–Kier alpha value is -2.89. The Balaban J connectivity index is 3.27. The molecule has 0 aromatic heterocycles. The number of alkyl carbamates (subject to hydrolysis) is 1. The van der Waals surface area contributed by atoms with Gasteiger partial charge in [-0.3, -0.25) is 24.5 Å². The number of hydrogen-bond donors (Lipinski definition) is 1. The molecule has 30 heavy (non-hydrogen) atoms. The molecule has 1 heterocycles. The van der Waals surface area contributed by atoms with Gasteiger partial charge < -0.3 is 28.4 Å². The predicted octanol–water partition coefficient (Wildman–Crippen LogP) is 0.206. The summed E-state index contributed by atoms with van der Waals surface area (Å²) >= 11 is 0. The predicted molar refractivity (Wildman–Crippen MR) is 96.7 cm³/mol. The van der Waals surface area contributed by atoms with Crippen LogP contribution in [0.15, 0.2) is 0 Å². The molecule has 1 saturated heterocycles. The molecule has 0 radical (unpaired) electrons. The Morgan fingerprint density at radius 3 is 1.80 bits per heavy atom. The molecular weight excluding hydrogens is 406 g/mol. The largest absolute Gasteiger partial charge is 0.463 e. The summed E-state index contributed by atoms with van der Waals surface area (Å²) in [6.07, 6.45) is -6.84. The second-order valence-corrected chi connectivity index (χ2v) is 6.40. The summed E-state index contributed by atoms with van der Waals surface area (Å²) in [4.78, 5) is 58.2. The maximum Gasteiger partial charge on any atom is 0.409 e. The van der Waals surface area contributed by atoms with Crippen molar-refractivity contribution in [3.63, 3.8) is 0 Å². The van der Waals surface area contributed by atoms with Gasteiger partial charge in [-0.2, -0.15) is 0 Å². The third-order valence-corrected chi connectivity index (χ3v) is 3.69. The lowest BCUT2D eigenvalue weighted by molar-refractivity contribution is -0.256. The van der Waals surface area contributed by atoms with Crippen LogP contribution in [0.25, 0.3) is 0 Å². The molecule has 0 unspecified atom stereocenters. The maximum atomic E-state index is 12.0. The topological polar surface area (TPSA) is 153 Å². The van der Waals surface area contributed by atoms with Crippen LogP contribution in [0.1, 0.15) is 41.0 Å². The summed E-state index contributed by atoms with van der Waals surface area (Å²) in [5.41, 5.74) is 0. The highest BCUT2D eigenvalue weighted by atomic mass is 16.7. The van der Waals surface area contributed by atoms with E-state index >= 15 is 0 Å². The molecule has 0 spiro atoms. The standard InChI is InChI=1S/C18H27NO11/c1-6-7-25-18(24)19-17-16(29-12(5)23)15(28-11(4)22)14(27-10(3)21)13(30-17)8-26-9(2)20/h13-17H,6-8H2,1-5H3,(H,19,24)/t13-,14+,15+,16+,17-/m1/s1. The van der Waals surface area contributed by atoms with E-state index in [1.165, 1.54) is 0 Å². The average Bonchev–Trinajstić information content (AvgIpc) is 2.62. The van der Waals surface area contributed by atoms with E-state index in [2.05, 4.69) is 5.32 Å². The van der Waals surface area contributed by atoms with Gasteiger partial charge in [-0.15, -0.1) is 0 Å². The number of carbonyl (C=O) groups excluding carboxylic acids is 5. The SMILES string of the molecule is CCCOC(=O)N[C@@H]1O[C@H](COC(C)=O)[C@H](OC(C)=O)[C@H](OC(C)=O)[C@@H]1OC(C)=O. The molecule has 12 nitrogen and oxygen atoms in total. The third-order valence-electron chi connectivity index (χ3n) is 3.69. The van der Waals surface area contributed by atoms with Crippen LogP contribution < -0.4 is 5.32 Å². The van der Waals surface area contributed by atoms with E-state index in [0.29, 0.717) is 6.42 Å². The smallest absolute Gasteiger partial charge is 0.409 e. The molecule has 5 atom stereocenters. The lowest BCUT2D eigenvalue weighted by Gasteiger charge is -2.44. The van der Waals surface area contributed by atoms with Crippen LogP contribution in [0, 0.1) is 0 Å². The Morgan fingerprint density at radius 2 is 1.30 bits per heavy atom. The zero-order chi connectivity index (χ0) is 22.8. The Morgan fingerprint density at radius 1 is 0.767 bits per heavy atom. The Labute approximate surface area is 173 Å². The fourth-order valence-corrected chi connectivity index (χ4v) is 2.70. The minimum absolute atomic E-state index is 0.122. The fourth-order valence-electron chi connectivity index (χ4n) is 2.70. The van der Waals surface area contributed by atoms with Gasteiger partial charge in [-0.1, -0.05) is 6.92 Å².